The molecular weight excluding hydrogens is 224 g/mol. The fourth-order valence-corrected chi connectivity index (χ4v) is 2.85. The van der Waals surface area contributed by atoms with Crippen LogP contribution in [0.3, 0.4) is 0 Å². The van der Waals surface area contributed by atoms with E-state index in [4.69, 9.17) is 0 Å². The Labute approximate surface area is 98.7 Å². The van der Waals surface area contributed by atoms with E-state index in [1.807, 2.05) is 6.92 Å². The van der Waals surface area contributed by atoms with Crippen LogP contribution < -0.4 is 5.32 Å². The fraction of sp³-hybridized carbons (Fsp3) is 0.636. The third-order valence-corrected chi connectivity index (χ3v) is 3.81. The zero-order chi connectivity index (χ0) is 11.5. The van der Waals surface area contributed by atoms with Gasteiger partial charge in [0.25, 0.3) is 0 Å². The monoisotopic (exact) mass is 240 g/mol. The number of aromatic nitrogens is 1. The number of aliphatic hydroxyl groups excluding tert-OH is 1. The molecule has 2 rings (SSSR count). The number of thiazole rings is 1. The van der Waals surface area contributed by atoms with Gasteiger partial charge in [0.2, 0.25) is 5.91 Å². The van der Waals surface area contributed by atoms with E-state index in [1.165, 1.54) is 11.3 Å². The Morgan fingerprint density at radius 1 is 1.69 bits per heavy atom. The molecule has 0 saturated heterocycles. The van der Waals surface area contributed by atoms with Crippen LogP contribution in [0.5, 0.6) is 0 Å². The molecule has 2 N–H and O–H groups in total. The molecule has 1 saturated carbocycles. The lowest BCUT2D eigenvalue weighted by Crippen LogP contribution is -2.28. The number of nitrogens with zero attached hydrogens (tertiary/aromatic N) is 1. The Morgan fingerprint density at radius 2 is 2.50 bits per heavy atom. The van der Waals surface area contributed by atoms with Crippen molar-refractivity contribution < 1.29 is 9.90 Å². The molecule has 1 aliphatic carbocycles. The Kier molecular flexibility index (Phi) is 3.56. The van der Waals surface area contributed by atoms with Crippen LogP contribution in [0.4, 0.5) is 5.00 Å². The SMILES string of the molecule is CCc1ncsc1NC(=O)C1CCCC1O. The summed E-state index contributed by atoms with van der Waals surface area (Å²) in [5, 5.41) is 13.3. The summed E-state index contributed by atoms with van der Waals surface area (Å²) in [6.45, 7) is 2.01. The summed E-state index contributed by atoms with van der Waals surface area (Å²) < 4.78 is 0. The topological polar surface area (TPSA) is 62.2 Å². The highest BCUT2D eigenvalue weighted by molar-refractivity contribution is 7.14. The summed E-state index contributed by atoms with van der Waals surface area (Å²) in [6.07, 6.45) is 2.79. The van der Waals surface area contributed by atoms with Gasteiger partial charge in [-0.25, -0.2) is 4.98 Å². The molecule has 0 bridgehead atoms. The van der Waals surface area contributed by atoms with Crippen molar-refractivity contribution in [3.63, 3.8) is 0 Å². The standard InChI is InChI=1S/C11H16N2O2S/c1-2-8-11(16-6-12-8)13-10(15)7-4-3-5-9(7)14/h6-7,9,14H,2-5H2,1H3,(H,13,15). The van der Waals surface area contributed by atoms with Crippen LogP contribution in [0.2, 0.25) is 0 Å². The molecule has 1 heterocycles. The summed E-state index contributed by atoms with van der Waals surface area (Å²) in [5.74, 6) is -0.309. The van der Waals surface area contributed by atoms with Gasteiger partial charge in [-0.2, -0.15) is 0 Å². The molecular formula is C11H16N2O2S. The number of carbonyl (C=O) groups is 1. The Balaban J connectivity index is 2.02. The molecule has 2 unspecified atom stereocenters. The van der Waals surface area contributed by atoms with Crippen molar-refractivity contribution in [1.82, 2.24) is 4.98 Å². The van der Waals surface area contributed by atoms with Crippen molar-refractivity contribution in [3.05, 3.63) is 11.2 Å². The van der Waals surface area contributed by atoms with Gasteiger partial charge < -0.3 is 10.4 Å². The molecule has 0 aromatic carbocycles. The van der Waals surface area contributed by atoms with Gasteiger partial charge in [0.1, 0.15) is 5.00 Å². The minimum Gasteiger partial charge on any atom is -0.392 e. The van der Waals surface area contributed by atoms with Gasteiger partial charge in [-0.1, -0.05) is 6.92 Å². The maximum atomic E-state index is 11.9. The van der Waals surface area contributed by atoms with Crippen molar-refractivity contribution in [3.8, 4) is 0 Å². The third kappa shape index (κ3) is 2.25. The molecule has 5 heteroatoms. The zero-order valence-corrected chi connectivity index (χ0v) is 10.1. The molecule has 1 aromatic heterocycles. The highest BCUT2D eigenvalue weighted by Crippen LogP contribution is 2.28. The summed E-state index contributed by atoms with van der Waals surface area (Å²) in [7, 11) is 0. The summed E-state index contributed by atoms with van der Waals surface area (Å²) in [5.41, 5.74) is 2.66. The van der Waals surface area contributed by atoms with Crippen molar-refractivity contribution in [1.29, 1.82) is 0 Å². The van der Waals surface area contributed by atoms with Gasteiger partial charge in [-0.15, -0.1) is 11.3 Å². The first-order valence-electron chi connectivity index (χ1n) is 5.63. The zero-order valence-electron chi connectivity index (χ0n) is 9.27. The number of anilines is 1. The van der Waals surface area contributed by atoms with Crippen molar-refractivity contribution in [2.75, 3.05) is 5.32 Å². The van der Waals surface area contributed by atoms with E-state index in [9.17, 15) is 9.90 Å². The molecule has 0 spiro atoms. The Hall–Kier alpha value is -0.940. The number of aliphatic hydroxyl groups is 1. The molecule has 1 fully saturated rings. The second kappa shape index (κ2) is 4.93. The van der Waals surface area contributed by atoms with Crippen molar-refractivity contribution >= 4 is 22.2 Å². The van der Waals surface area contributed by atoms with Crippen LogP contribution in [-0.2, 0) is 11.2 Å². The minimum absolute atomic E-state index is 0.0658. The van der Waals surface area contributed by atoms with E-state index in [-0.39, 0.29) is 11.8 Å². The molecule has 1 aromatic rings. The lowest BCUT2D eigenvalue weighted by atomic mass is 10.1. The number of carbonyl (C=O) groups excluding carboxylic acids is 1. The van der Waals surface area contributed by atoms with E-state index in [0.29, 0.717) is 0 Å². The minimum atomic E-state index is -0.474. The molecule has 1 amide bonds. The van der Waals surface area contributed by atoms with Crippen LogP contribution in [-0.4, -0.2) is 22.1 Å². The van der Waals surface area contributed by atoms with Gasteiger partial charge in [-0.3, -0.25) is 4.79 Å². The van der Waals surface area contributed by atoms with E-state index in [0.717, 1.165) is 36.4 Å². The van der Waals surface area contributed by atoms with Crippen molar-refractivity contribution in [2.24, 2.45) is 5.92 Å². The molecule has 0 aliphatic heterocycles. The van der Waals surface area contributed by atoms with Crippen LogP contribution in [0.1, 0.15) is 31.9 Å². The van der Waals surface area contributed by atoms with Gasteiger partial charge >= 0.3 is 0 Å². The number of aryl methyl sites for hydroxylation is 1. The predicted octanol–water partition coefficient (Wildman–Crippen LogP) is 1.80. The highest BCUT2D eigenvalue weighted by atomic mass is 32.1. The average molecular weight is 240 g/mol. The molecule has 16 heavy (non-hydrogen) atoms. The van der Waals surface area contributed by atoms with E-state index in [1.54, 1.807) is 5.51 Å². The summed E-state index contributed by atoms with van der Waals surface area (Å²) in [4.78, 5) is 16.1. The number of hydrogen-bond acceptors (Lipinski definition) is 4. The quantitative estimate of drug-likeness (QED) is 0.847. The average Bonchev–Trinajstić information content (AvgIpc) is 2.86. The third-order valence-electron chi connectivity index (χ3n) is 3.03. The molecule has 1 aliphatic rings. The second-order valence-electron chi connectivity index (χ2n) is 4.08. The van der Waals surface area contributed by atoms with E-state index >= 15 is 0 Å². The van der Waals surface area contributed by atoms with Crippen LogP contribution in [0.25, 0.3) is 0 Å². The summed E-state index contributed by atoms with van der Waals surface area (Å²) in [6, 6.07) is 0. The van der Waals surface area contributed by atoms with Gasteiger partial charge in [0, 0.05) is 0 Å². The first kappa shape index (κ1) is 11.5. The molecule has 0 radical (unpaired) electrons. The van der Waals surface area contributed by atoms with E-state index in [2.05, 4.69) is 10.3 Å². The molecule has 4 nitrogen and oxygen atoms in total. The Morgan fingerprint density at radius 3 is 3.12 bits per heavy atom. The maximum absolute atomic E-state index is 11.9. The first-order valence-corrected chi connectivity index (χ1v) is 6.51. The van der Waals surface area contributed by atoms with Crippen LogP contribution in [0.15, 0.2) is 5.51 Å². The number of amides is 1. The molecule has 88 valence electrons. The van der Waals surface area contributed by atoms with Crippen LogP contribution in [0, 0.1) is 5.92 Å². The second-order valence-corrected chi connectivity index (χ2v) is 4.93. The van der Waals surface area contributed by atoms with Gasteiger partial charge in [0.15, 0.2) is 0 Å². The normalized spacial score (nSPS) is 24.6. The van der Waals surface area contributed by atoms with E-state index < -0.39 is 6.10 Å². The smallest absolute Gasteiger partial charge is 0.230 e. The highest BCUT2D eigenvalue weighted by Gasteiger charge is 2.31. The Bertz CT molecular complexity index is 378. The number of hydrogen-bond donors (Lipinski definition) is 2. The number of rotatable bonds is 3. The fourth-order valence-electron chi connectivity index (χ4n) is 2.07. The lowest BCUT2D eigenvalue weighted by Gasteiger charge is -2.13. The largest absolute Gasteiger partial charge is 0.392 e. The predicted molar refractivity (Wildman–Crippen MR) is 63.5 cm³/mol. The maximum Gasteiger partial charge on any atom is 0.230 e. The van der Waals surface area contributed by atoms with Crippen molar-refractivity contribution in [2.45, 2.75) is 38.7 Å². The first-order chi connectivity index (χ1) is 7.72. The van der Waals surface area contributed by atoms with Crippen LogP contribution >= 0.6 is 11.3 Å². The molecule has 2 atom stereocenters. The number of nitrogens with one attached hydrogen (secondary N) is 1. The van der Waals surface area contributed by atoms with Gasteiger partial charge in [-0.05, 0) is 25.7 Å². The lowest BCUT2D eigenvalue weighted by molar-refractivity contribution is -0.122. The van der Waals surface area contributed by atoms with Gasteiger partial charge in [0.05, 0.1) is 23.2 Å². The summed E-state index contributed by atoms with van der Waals surface area (Å²) >= 11 is 1.44.